The maximum Gasteiger partial charge on any atom is 0.328 e. The van der Waals surface area contributed by atoms with Crippen LogP contribution in [0, 0.1) is 17.3 Å². The maximum atomic E-state index is 13.3. The molecule has 1 aliphatic rings. The minimum absolute atomic E-state index is 0.0631. The molecule has 0 unspecified atom stereocenters. The average molecular weight is 694 g/mol. The van der Waals surface area contributed by atoms with Gasteiger partial charge in [0.1, 0.15) is 5.75 Å². The van der Waals surface area contributed by atoms with Crippen LogP contribution in [0.1, 0.15) is 54.4 Å². The molecule has 15 heteroatoms. The summed E-state index contributed by atoms with van der Waals surface area (Å²) in [5.41, 5.74) is 11.3. The highest BCUT2D eigenvalue weighted by atomic mass is 16.5. The Bertz CT molecular complexity index is 1280. The molecule has 1 saturated heterocycles. The van der Waals surface area contributed by atoms with Crippen LogP contribution in [0.4, 0.5) is 5.69 Å². The molecule has 0 aliphatic carbocycles. The van der Waals surface area contributed by atoms with Crippen molar-refractivity contribution in [2.45, 2.75) is 72.1 Å². The number of amides is 3. The first kappa shape index (κ1) is 43.0. The first-order valence-corrected chi connectivity index (χ1v) is 16.1. The molecule has 276 valence electrons. The molecule has 2 rings (SSSR count). The molecule has 0 radical (unpaired) electrons. The van der Waals surface area contributed by atoms with Gasteiger partial charge in [-0.15, -0.1) is 0 Å². The van der Waals surface area contributed by atoms with E-state index in [1.165, 1.54) is 0 Å². The molecular weight excluding hydrogens is 638 g/mol. The third kappa shape index (κ3) is 14.5. The van der Waals surface area contributed by atoms with Gasteiger partial charge in [-0.05, 0) is 52.2 Å². The van der Waals surface area contributed by atoms with Crippen LogP contribution >= 0.6 is 0 Å². The number of benzene rings is 1. The van der Waals surface area contributed by atoms with E-state index in [0.29, 0.717) is 37.7 Å². The van der Waals surface area contributed by atoms with Gasteiger partial charge in [0.15, 0.2) is 0 Å². The van der Waals surface area contributed by atoms with Gasteiger partial charge in [0, 0.05) is 69.4 Å². The number of carbonyl (C=O) groups excluding carboxylic acids is 3. The number of piperazine rings is 1. The SMILES string of the molecule is COCCCOc1ccccc1N1CC(C)(C)N(C[C@H](N)[C@@H](O)C[C@H](C(=O)NCC(C)(C)C(N)=O)C(C)C)CC1=O.O=C(O)/C=C/C(=O)O. The smallest absolute Gasteiger partial charge is 0.328 e. The molecule has 1 aromatic carbocycles. The van der Waals surface area contributed by atoms with E-state index in [0.717, 1.165) is 12.1 Å². The Hall–Kier alpha value is -4.05. The van der Waals surface area contributed by atoms with Gasteiger partial charge in [0.05, 0.1) is 30.4 Å². The summed E-state index contributed by atoms with van der Waals surface area (Å²) in [4.78, 5) is 60.8. The number of nitrogens with one attached hydrogen (secondary N) is 1. The van der Waals surface area contributed by atoms with E-state index in [1.807, 2.05) is 56.9 Å². The molecule has 49 heavy (non-hydrogen) atoms. The highest BCUT2D eigenvalue weighted by Crippen LogP contribution is 2.33. The standard InChI is InChI=1S/C30H51N5O6.C4H4O4/c1-20(2)21(27(38)33-18-29(3,4)28(32)39)15-24(36)22(31)16-34-17-26(37)35(19-30(34,5)6)23-11-8-9-12-25(23)41-14-10-13-40-7;5-3(6)1-2-4(7)8/h8-9,11-12,20-22,24,36H,10,13-19,31H2,1-7H3,(H2,32,39)(H,33,38);1-2H,(H,5,6)(H,7,8)/b;2-1+/t21-,22-,24-;/m0./s1. The first-order chi connectivity index (χ1) is 22.7. The molecule has 1 aliphatic heterocycles. The van der Waals surface area contributed by atoms with Crippen LogP contribution in [-0.4, -0.2) is 114 Å². The van der Waals surface area contributed by atoms with Crippen molar-refractivity contribution >= 4 is 35.3 Å². The number of primary amides is 1. The fraction of sp³-hybridized carbons (Fsp3) is 0.618. The molecule has 0 saturated carbocycles. The van der Waals surface area contributed by atoms with Crippen molar-refractivity contribution in [3.63, 3.8) is 0 Å². The van der Waals surface area contributed by atoms with Gasteiger partial charge < -0.3 is 46.5 Å². The Morgan fingerprint density at radius 2 is 1.67 bits per heavy atom. The number of carboxylic acids is 2. The van der Waals surface area contributed by atoms with Crippen LogP contribution in [-0.2, 0) is 28.7 Å². The lowest BCUT2D eigenvalue weighted by Gasteiger charge is -2.48. The molecule has 3 amide bonds. The van der Waals surface area contributed by atoms with Crippen LogP contribution in [0.5, 0.6) is 5.75 Å². The van der Waals surface area contributed by atoms with Crippen molar-refractivity contribution in [2.75, 3.05) is 51.4 Å². The van der Waals surface area contributed by atoms with Crippen LogP contribution in [0.25, 0.3) is 0 Å². The summed E-state index contributed by atoms with van der Waals surface area (Å²) < 4.78 is 11.1. The number of anilines is 1. The number of rotatable bonds is 18. The van der Waals surface area contributed by atoms with Crippen molar-refractivity contribution in [1.82, 2.24) is 10.2 Å². The Labute approximate surface area is 288 Å². The lowest BCUT2D eigenvalue weighted by atomic mass is 9.86. The van der Waals surface area contributed by atoms with Gasteiger partial charge in [-0.25, -0.2) is 9.59 Å². The van der Waals surface area contributed by atoms with Gasteiger partial charge in [-0.1, -0.05) is 26.0 Å². The highest BCUT2D eigenvalue weighted by Gasteiger charge is 2.41. The predicted octanol–water partition coefficient (Wildman–Crippen LogP) is 1.22. The second kappa shape index (κ2) is 19.8. The summed E-state index contributed by atoms with van der Waals surface area (Å²) in [5, 5.41) is 29.5. The Balaban J connectivity index is 0.00000133. The normalized spacial score (nSPS) is 16.8. The Morgan fingerprint density at radius 1 is 1.08 bits per heavy atom. The first-order valence-electron chi connectivity index (χ1n) is 16.1. The molecule has 0 aromatic heterocycles. The average Bonchev–Trinajstić information content (AvgIpc) is 3.01. The Morgan fingerprint density at radius 3 is 2.20 bits per heavy atom. The number of methoxy groups -OCH3 is 1. The number of carbonyl (C=O) groups is 5. The van der Waals surface area contributed by atoms with E-state index in [1.54, 1.807) is 25.9 Å². The van der Waals surface area contributed by atoms with Gasteiger partial charge in [-0.2, -0.15) is 0 Å². The lowest BCUT2D eigenvalue weighted by Crippen LogP contribution is -2.64. The molecular formula is C34H55N5O10. The largest absolute Gasteiger partial charge is 0.491 e. The fourth-order valence-corrected chi connectivity index (χ4v) is 4.92. The summed E-state index contributed by atoms with van der Waals surface area (Å²) >= 11 is 0. The lowest BCUT2D eigenvalue weighted by molar-refractivity contribution is -0.134. The summed E-state index contributed by atoms with van der Waals surface area (Å²) in [5.74, 6) is -3.29. The zero-order chi connectivity index (χ0) is 37.5. The van der Waals surface area contributed by atoms with Crippen molar-refractivity contribution in [1.29, 1.82) is 0 Å². The second-order valence-corrected chi connectivity index (χ2v) is 13.6. The number of nitrogens with two attached hydrogens (primary N) is 2. The monoisotopic (exact) mass is 693 g/mol. The summed E-state index contributed by atoms with van der Waals surface area (Å²) in [6.45, 7) is 13.2. The minimum Gasteiger partial charge on any atom is -0.491 e. The van der Waals surface area contributed by atoms with Gasteiger partial charge in [0.25, 0.3) is 0 Å². The van der Waals surface area contributed by atoms with Crippen LogP contribution < -0.4 is 26.4 Å². The maximum absolute atomic E-state index is 13.3. The third-order valence-electron chi connectivity index (χ3n) is 8.24. The molecule has 0 spiro atoms. The number of aliphatic carboxylic acids is 2. The van der Waals surface area contributed by atoms with E-state index in [-0.39, 0.29) is 43.8 Å². The van der Waals surface area contributed by atoms with Gasteiger partial charge in [-0.3, -0.25) is 19.3 Å². The summed E-state index contributed by atoms with van der Waals surface area (Å²) in [6.07, 6.45) is 1.04. The quantitative estimate of drug-likeness (QED) is 0.0941. The molecule has 1 heterocycles. The zero-order valence-electron chi connectivity index (χ0n) is 29.7. The van der Waals surface area contributed by atoms with E-state index < -0.39 is 46.9 Å². The number of carboxylic acid groups (broad SMARTS) is 2. The topological polar surface area (TPSA) is 235 Å². The number of hydrogen-bond acceptors (Lipinski definition) is 10. The number of ether oxygens (including phenoxy) is 2. The second-order valence-electron chi connectivity index (χ2n) is 13.6. The molecule has 1 aromatic rings. The number of aliphatic hydroxyl groups excluding tert-OH is 1. The van der Waals surface area contributed by atoms with E-state index in [9.17, 15) is 29.1 Å². The molecule has 3 atom stereocenters. The number of nitrogens with zero attached hydrogens (tertiary/aromatic N) is 2. The van der Waals surface area contributed by atoms with Crippen molar-refractivity contribution in [2.24, 2.45) is 28.7 Å². The summed E-state index contributed by atoms with van der Waals surface area (Å²) in [6, 6.07) is 6.82. The third-order valence-corrected chi connectivity index (χ3v) is 8.24. The Kier molecular flexibility index (Phi) is 17.4. The van der Waals surface area contributed by atoms with Crippen molar-refractivity contribution < 1.29 is 48.8 Å². The fourth-order valence-electron chi connectivity index (χ4n) is 4.92. The highest BCUT2D eigenvalue weighted by molar-refractivity contribution is 5.97. The molecule has 0 bridgehead atoms. The van der Waals surface area contributed by atoms with Crippen LogP contribution in [0.3, 0.4) is 0 Å². The zero-order valence-corrected chi connectivity index (χ0v) is 29.7. The van der Waals surface area contributed by atoms with Gasteiger partial charge >= 0.3 is 11.9 Å². The molecule has 8 N–H and O–H groups in total. The number of para-hydroxylation sites is 2. The molecule has 1 fully saturated rings. The van der Waals surface area contributed by atoms with E-state index >= 15 is 0 Å². The molecule has 15 nitrogen and oxygen atoms in total. The summed E-state index contributed by atoms with van der Waals surface area (Å²) in [7, 11) is 1.65. The van der Waals surface area contributed by atoms with Crippen molar-refractivity contribution in [3.8, 4) is 5.75 Å². The van der Waals surface area contributed by atoms with Crippen molar-refractivity contribution in [3.05, 3.63) is 36.4 Å². The minimum atomic E-state index is -1.26. The van der Waals surface area contributed by atoms with E-state index in [2.05, 4.69) is 5.32 Å². The number of hydrogen-bond donors (Lipinski definition) is 6. The number of aliphatic hydroxyl groups is 1. The van der Waals surface area contributed by atoms with Crippen LogP contribution in [0.2, 0.25) is 0 Å². The predicted molar refractivity (Wildman–Crippen MR) is 184 cm³/mol. The van der Waals surface area contributed by atoms with Gasteiger partial charge in [0.2, 0.25) is 17.7 Å². The van der Waals surface area contributed by atoms with E-state index in [4.69, 9.17) is 31.2 Å². The van der Waals surface area contributed by atoms with Crippen LogP contribution in [0.15, 0.2) is 36.4 Å².